The highest BCUT2D eigenvalue weighted by molar-refractivity contribution is 5.85. The summed E-state index contributed by atoms with van der Waals surface area (Å²) >= 11 is 0. The van der Waals surface area contributed by atoms with E-state index in [0.717, 1.165) is 17.5 Å². The standard InChI is InChI=1S/C14H19N3O.ClH/c15-11-3-4-12(16-8-11)7-14(18)17-13-6-9-1-2-10(13)5-9;/h3-4,8-10,13H,1-2,5-7,15H2,(H,17,18);1H. The van der Waals surface area contributed by atoms with Gasteiger partial charge in [-0.05, 0) is 43.2 Å². The van der Waals surface area contributed by atoms with Crippen molar-refractivity contribution < 1.29 is 4.79 Å². The third kappa shape index (κ3) is 3.18. The van der Waals surface area contributed by atoms with Crippen LogP contribution >= 0.6 is 12.4 Å². The summed E-state index contributed by atoms with van der Waals surface area (Å²) in [4.78, 5) is 16.1. The largest absolute Gasteiger partial charge is 0.397 e. The molecule has 0 saturated heterocycles. The molecule has 5 heteroatoms. The molecule has 1 aromatic heterocycles. The SMILES string of the molecule is Cl.Nc1ccc(CC(=O)NC2CC3CCC2C3)nc1. The Morgan fingerprint density at radius 3 is 2.79 bits per heavy atom. The molecule has 19 heavy (non-hydrogen) atoms. The van der Waals surface area contributed by atoms with Gasteiger partial charge in [-0.2, -0.15) is 0 Å². The first-order valence-corrected chi connectivity index (χ1v) is 6.70. The van der Waals surface area contributed by atoms with Gasteiger partial charge in [0.2, 0.25) is 5.91 Å². The lowest BCUT2D eigenvalue weighted by molar-refractivity contribution is -0.121. The van der Waals surface area contributed by atoms with E-state index in [9.17, 15) is 4.79 Å². The molecule has 3 rings (SSSR count). The van der Waals surface area contributed by atoms with E-state index >= 15 is 0 Å². The fourth-order valence-corrected chi connectivity index (χ4v) is 3.38. The summed E-state index contributed by atoms with van der Waals surface area (Å²) in [6.45, 7) is 0. The number of amides is 1. The minimum absolute atomic E-state index is 0. The van der Waals surface area contributed by atoms with Gasteiger partial charge in [0, 0.05) is 11.7 Å². The van der Waals surface area contributed by atoms with Crippen LogP contribution in [0.1, 0.15) is 31.4 Å². The molecule has 3 atom stereocenters. The van der Waals surface area contributed by atoms with Gasteiger partial charge in [-0.3, -0.25) is 9.78 Å². The van der Waals surface area contributed by atoms with Crippen molar-refractivity contribution in [2.75, 3.05) is 5.73 Å². The minimum Gasteiger partial charge on any atom is -0.397 e. The van der Waals surface area contributed by atoms with Crippen LogP contribution in [0.5, 0.6) is 0 Å². The zero-order chi connectivity index (χ0) is 12.5. The second-order valence-corrected chi connectivity index (χ2v) is 5.61. The van der Waals surface area contributed by atoms with Crippen LogP contribution in [0.25, 0.3) is 0 Å². The van der Waals surface area contributed by atoms with Gasteiger partial charge in [0.25, 0.3) is 0 Å². The van der Waals surface area contributed by atoms with Crippen LogP contribution in [0.2, 0.25) is 0 Å². The minimum atomic E-state index is 0. The number of carbonyl (C=O) groups is 1. The van der Waals surface area contributed by atoms with Gasteiger partial charge in [-0.15, -0.1) is 12.4 Å². The number of rotatable bonds is 3. The highest BCUT2D eigenvalue weighted by Crippen LogP contribution is 2.44. The topological polar surface area (TPSA) is 68.0 Å². The molecular weight excluding hydrogens is 262 g/mol. The quantitative estimate of drug-likeness (QED) is 0.890. The Labute approximate surface area is 119 Å². The molecule has 104 valence electrons. The Morgan fingerprint density at radius 2 is 2.21 bits per heavy atom. The van der Waals surface area contributed by atoms with E-state index in [-0.39, 0.29) is 18.3 Å². The van der Waals surface area contributed by atoms with Gasteiger partial charge in [-0.25, -0.2) is 0 Å². The number of nitrogens with one attached hydrogen (secondary N) is 1. The van der Waals surface area contributed by atoms with E-state index < -0.39 is 0 Å². The predicted octanol–water partition coefficient (Wildman–Crippen LogP) is 1.93. The van der Waals surface area contributed by atoms with Gasteiger partial charge < -0.3 is 11.1 Å². The third-order valence-electron chi connectivity index (χ3n) is 4.27. The molecule has 0 aromatic carbocycles. The summed E-state index contributed by atoms with van der Waals surface area (Å²) in [6, 6.07) is 4.01. The van der Waals surface area contributed by atoms with Crippen molar-refractivity contribution in [2.24, 2.45) is 11.8 Å². The number of hydrogen-bond donors (Lipinski definition) is 2. The van der Waals surface area contributed by atoms with Crippen LogP contribution in [-0.2, 0) is 11.2 Å². The Hall–Kier alpha value is -1.29. The van der Waals surface area contributed by atoms with Gasteiger partial charge in [-0.1, -0.05) is 6.42 Å². The number of nitrogens with zero attached hydrogens (tertiary/aromatic N) is 1. The molecule has 3 unspecified atom stereocenters. The number of halogens is 1. The van der Waals surface area contributed by atoms with Gasteiger partial charge in [0.05, 0.1) is 18.3 Å². The molecule has 0 aliphatic heterocycles. The maximum atomic E-state index is 11.9. The van der Waals surface area contributed by atoms with E-state index in [0.29, 0.717) is 18.2 Å². The Bertz CT molecular complexity index is 449. The Balaban J connectivity index is 0.00000133. The lowest BCUT2D eigenvalue weighted by Gasteiger charge is -2.22. The number of pyridine rings is 1. The summed E-state index contributed by atoms with van der Waals surface area (Å²) in [6.07, 6.45) is 7.08. The molecule has 1 heterocycles. The van der Waals surface area contributed by atoms with Crippen molar-refractivity contribution in [3.8, 4) is 0 Å². The van der Waals surface area contributed by atoms with Crippen molar-refractivity contribution in [3.63, 3.8) is 0 Å². The monoisotopic (exact) mass is 281 g/mol. The van der Waals surface area contributed by atoms with Crippen LogP contribution in [0.15, 0.2) is 18.3 Å². The van der Waals surface area contributed by atoms with Gasteiger partial charge in [0.15, 0.2) is 0 Å². The Kier molecular flexibility index (Phi) is 4.30. The summed E-state index contributed by atoms with van der Waals surface area (Å²) < 4.78 is 0. The lowest BCUT2D eigenvalue weighted by atomic mass is 9.95. The summed E-state index contributed by atoms with van der Waals surface area (Å²) in [5, 5.41) is 3.16. The second-order valence-electron chi connectivity index (χ2n) is 5.61. The predicted molar refractivity (Wildman–Crippen MR) is 77.0 cm³/mol. The maximum absolute atomic E-state index is 11.9. The molecule has 2 aliphatic carbocycles. The molecule has 0 radical (unpaired) electrons. The van der Waals surface area contributed by atoms with Crippen LogP contribution in [0.4, 0.5) is 5.69 Å². The van der Waals surface area contributed by atoms with Crippen molar-refractivity contribution in [2.45, 2.75) is 38.1 Å². The molecule has 4 nitrogen and oxygen atoms in total. The van der Waals surface area contributed by atoms with Crippen LogP contribution in [-0.4, -0.2) is 16.9 Å². The van der Waals surface area contributed by atoms with Gasteiger partial charge >= 0.3 is 0 Å². The fourth-order valence-electron chi connectivity index (χ4n) is 3.38. The van der Waals surface area contributed by atoms with Crippen molar-refractivity contribution >= 4 is 24.0 Å². The number of nitrogens with two attached hydrogens (primary N) is 1. The molecule has 2 bridgehead atoms. The molecule has 1 amide bonds. The van der Waals surface area contributed by atoms with Crippen LogP contribution in [0, 0.1) is 11.8 Å². The normalized spacial score (nSPS) is 27.9. The highest BCUT2D eigenvalue weighted by atomic mass is 35.5. The summed E-state index contributed by atoms with van der Waals surface area (Å²) in [5.41, 5.74) is 6.98. The maximum Gasteiger partial charge on any atom is 0.226 e. The number of aromatic nitrogens is 1. The molecule has 3 N–H and O–H groups in total. The smallest absolute Gasteiger partial charge is 0.226 e. The second kappa shape index (κ2) is 5.78. The molecule has 2 aliphatic rings. The van der Waals surface area contributed by atoms with Crippen LogP contribution in [0.3, 0.4) is 0 Å². The molecule has 2 fully saturated rings. The Morgan fingerprint density at radius 1 is 1.37 bits per heavy atom. The zero-order valence-electron chi connectivity index (χ0n) is 10.8. The number of hydrogen-bond acceptors (Lipinski definition) is 3. The average molecular weight is 282 g/mol. The zero-order valence-corrected chi connectivity index (χ0v) is 11.7. The first-order chi connectivity index (χ1) is 8.70. The number of nitrogen functional groups attached to an aromatic ring is 1. The first kappa shape index (κ1) is 14.1. The lowest BCUT2D eigenvalue weighted by Crippen LogP contribution is -2.39. The van der Waals surface area contributed by atoms with E-state index in [1.807, 2.05) is 6.07 Å². The van der Waals surface area contributed by atoms with Crippen LogP contribution < -0.4 is 11.1 Å². The number of anilines is 1. The third-order valence-corrected chi connectivity index (χ3v) is 4.27. The fraction of sp³-hybridized carbons (Fsp3) is 0.571. The first-order valence-electron chi connectivity index (χ1n) is 6.70. The van der Waals surface area contributed by atoms with Crippen molar-refractivity contribution in [1.29, 1.82) is 0 Å². The summed E-state index contributed by atoms with van der Waals surface area (Å²) in [7, 11) is 0. The highest BCUT2D eigenvalue weighted by Gasteiger charge is 2.39. The molecular formula is C14H20ClN3O. The summed E-state index contributed by atoms with van der Waals surface area (Å²) in [5.74, 6) is 1.66. The molecule has 0 spiro atoms. The number of fused-ring (bicyclic) bond motifs is 2. The van der Waals surface area contributed by atoms with Gasteiger partial charge in [0.1, 0.15) is 0 Å². The molecule has 2 saturated carbocycles. The van der Waals surface area contributed by atoms with E-state index in [1.54, 1.807) is 12.3 Å². The van der Waals surface area contributed by atoms with E-state index in [4.69, 9.17) is 5.73 Å². The van der Waals surface area contributed by atoms with E-state index in [2.05, 4.69) is 10.3 Å². The van der Waals surface area contributed by atoms with Crippen molar-refractivity contribution in [1.82, 2.24) is 10.3 Å². The molecule has 1 aromatic rings. The van der Waals surface area contributed by atoms with Crippen molar-refractivity contribution in [3.05, 3.63) is 24.0 Å². The number of carbonyl (C=O) groups excluding carboxylic acids is 1. The average Bonchev–Trinajstić information content (AvgIpc) is 2.94. The van der Waals surface area contributed by atoms with E-state index in [1.165, 1.54) is 25.7 Å².